The number of rotatable bonds is 7. The van der Waals surface area contributed by atoms with Crippen molar-refractivity contribution in [3.8, 4) is 0 Å². The number of hydrogen-bond donors (Lipinski definition) is 1. The first-order valence-corrected chi connectivity index (χ1v) is 11.9. The third-order valence-corrected chi connectivity index (χ3v) is 7.56. The van der Waals surface area contributed by atoms with E-state index < -0.39 is 27.8 Å². The van der Waals surface area contributed by atoms with E-state index in [-0.39, 0.29) is 29.7 Å². The maximum absolute atomic E-state index is 12.9. The van der Waals surface area contributed by atoms with Crippen molar-refractivity contribution in [2.24, 2.45) is 0 Å². The molecule has 6 nitrogen and oxygen atoms in total. The second-order valence-corrected chi connectivity index (χ2v) is 9.74. The Labute approximate surface area is 190 Å². The number of amides is 1. The molecule has 1 N–H and O–H groups in total. The van der Waals surface area contributed by atoms with E-state index in [9.17, 15) is 30.8 Å². The van der Waals surface area contributed by atoms with Crippen molar-refractivity contribution in [1.82, 2.24) is 14.5 Å². The summed E-state index contributed by atoms with van der Waals surface area (Å²) in [6.45, 7) is 2.98. The summed E-state index contributed by atoms with van der Waals surface area (Å²) in [5.74, 6) is -0.521. The quantitative estimate of drug-likeness (QED) is 0.610. The van der Waals surface area contributed by atoms with Gasteiger partial charge in [-0.2, -0.15) is 17.5 Å². The van der Waals surface area contributed by atoms with E-state index in [2.05, 4.69) is 5.32 Å². The van der Waals surface area contributed by atoms with Gasteiger partial charge in [-0.3, -0.25) is 9.69 Å². The van der Waals surface area contributed by atoms with Crippen LogP contribution >= 0.6 is 0 Å². The Kier molecular flexibility index (Phi) is 7.76. The maximum atomic E-state index is 12.9. The molecular formula is C22H25F4N3O3S. The number of benzene rings is 2. The SMILES string of the molecule is CC(C(=O)NCCc1ccc(F)cc1)N1CCN(S(=O)(=O)c2ccc(C(F)(F)F)cc2)CC1. The smallest absolute Gasteiger partial charge is 0.354 e. The first-order valence-electron chi connectivity index (χ1n) is 10.4. The molecule has 1 heterocycles. The van der Waals surface area contributed by atoms with Gasteiger partial charge in [-0.15, -0.1) is 0 Å². The molecular weight excluding hydrogens is 462 g/mol. The summed E-state index contributed by atoms with van der Waals surface area (Å²) in [4.78, 5) is 14.1. The lowest BCUT2D eigenvalue weighted by Crippen LogP contribution is -2.55. The minimum atomic E-state index is -4.54. The zero-order valence-electron chi connectivity index (χ0n) is 18.0. The van der Waals surface area contributed by atoms with Gasteiger partial charge in [-0.1, -0.05) is 12.1 Å². The molecule has 1 atom stereocenters. The van der Waals surface area contributed by atoms with Crippen LogP contribution in [0.5, 0.6) is 0 Å². The highest BCUT2D eigenvalue weighted by molar-refractivity contribution is 7.89. The summed E-state index contributed by atoms with van der Waals surface area (Å²) in [7, 11) is -3.93. The van der Waals surface area contributed by atoms with Gasteiger partial charge in [0.25, 0.3) is 0 Å². The van der Waals surface area contributed by atoms with Crippen LogP contribution in [0.1, 0.15) is 18.1 Å². The summed E-state index contributed by atoms with van der Waals surface area (Å²) in [6.07, 6.45) is -3.98. The van der Waals surface area contributed by atoms with Crippen molar-refractivity contribution < 1.29 is 30.8 Å². The zero-order valence-corrected chi connectivity index (χ0v) is 18.8. The predicted molar refractivity (Wildman–Crippen MR) is 114 cm³/mol. The second kappa shape index (κ2) is 10.2. The number of nitrogens with zero attached hydrogens (tertiary/aromatic N) is 2. The van der Waals surface area contributed by atoms with Crippen LogP contribution in [-0.4, -0.2) is 62.3 Å². The largest absolute Gasteiger partial charge is 0.416 e. The van der Waals surface area contributed by atoms with Crippen molar-refractivity contribution >= 4 is 15.9 Å². The molecule has 33 heavy (non-hydrogen) atoms. The summed E-state index contributed by atoms with van der Waals surface area (Å²) >= 11 is 0. The molecule has 0 spiro atoms. The number of nitrogens with one attached hydrogen (secondary N) is 1. The molecule has 1 unspecified atom stereocenters. The molecule has 2 aromatic rings. The van der Waals surface area contributed by atoms with Crippen molar-refractivity contribution in [2.45, 2.75) is 30.5 Å². The molecule has 3 rings (SSSR count). The fraction of sp³-hybridized carbons (Fsp3) is 0.409. The van der Waals surface area contributed by atoms with Gasteiger partial charge in [0.2, 0.25) is 15.9 Å². The lowest BCUT2D eigenvalue weighted by atomic mass is 10.1. The Morgan fingerprint density at radius 1 is 1.00 bits per heavy atom. The highest BCUT2D eigenvalue weighted by Crippen LogP contribution is 2.30. The zero-order chi connectivity index (χ0) is 24.2. The van der Waals surface area contributed by atoms with Crippen LogP contribution in [0.15, 0.2) is 53.4 Å². The molecule has 11 heteroatoms. The van der Waals surface area contributed by atoms with Gasteiger partial charge in [0.15, 0.2) is 0 Å². The Bertz CT molecular complexity index is 1050. The topological polar surface area (TPSA) is 69.7 Å². The summed E-state index contributed by atoms with van der Waals surface area (Å²) in [6, 6.07) is 8.97. The van der Waals surface area contributed by atoms with Crippen molar-refractivity contribution in [3.05, 3.63) is 65.5 Å². The first-order chi connectivity index (χ1) is 15.5. The van der Waals surface area contributed by atoms with Crippen LogP contribution in [0.2, 0.25) is 0 Å². The molecule has 1 aliphatic rings. The van der Waals surface area contributed by atoms with Gasteiger partial charge < -0.3 is 5.32 Å². The number of hydrogen-bond acceptors (Lipinski definition) is 4. The summed E-state index contributed by atoms with van der Waals surface area (Å²) < 4.78 is 77.9. The monoisotopic (exact) mass is 487 g/mol. The molecule has 0 aromatic heterocycles. The molecule has 1 fully saturated rings. The molecule has 1 amide bonds. The second-order valence-electron chi connectivity index (χ2n) is 7.81. The Morgan fingerprint density at radius 3 is 2.12 bits per heavy atom. The number of alkyl halides is 3. The number of carbonyl (C=O) groups is 1. The maximum Gasteiger partial charge on any atom is 0.416 e. The van der Waals surface area contributed by atoms with Crippen LogP contribution in [-0.2, 0) is 27.4 Å². The van der Waals surface area contributed by atoms with Gasteiger partial charge >= 0.3 is 6.18 Å². The van der Waals surface area contributed by atoms with Gasteiger partial charge in [-0.25, -0.2) is 12.8 Å². The standard InChI is InChI=1S/C22H25F4N3O3S/c1-16(21(30)27-11-10-17-2-6-19(23)7-3-17)28-12-14-29(15-13-28)33(31,32)20-8-4-18(5-9-20)22(24,25)26/h2-9,16H,10-15H2,1H3,(H,27,30). The molecule has 0 bridgehead atoms. The minimum absolute atomic E-state index is 0.122. The van der Waals surface area contributed by atoms with Gasteiger partial charge in [-0.05, 0) is 55.3 Å². The minimum Gasteiger partial charge on any atom is -0.354 e. The predicted octanol–water partition coefficient (Wildman–Crippen LogP) is 2.90. The lowest BCUT2D eigenvalue weighted by molar-refractivity contribution is -0.137. The first kappa shape index (κ1) is 25.1. The van der Waals surface area contributed by atoms with Gasteiger partial charge in [0, 0.05) is 32.7 Å². The van der Waals surface area contributed by atoms with Crippen LogP contribution in [0.4, 0.5) is 17.6 Å². The van der Waals surface area contributed by atoms with E-state index in [1.165, 1.54) is 16.4 Å². The molecule has 2 aromatic carbocycles. The van der Waals surface area contributed by atoms with Gasteiger partial charge in [0.1, 0.15) is 5.82 Å². The number of carbonyl (C=O) groups excluding carboxylic acids is 1. The van der Waals surface area contributed by atoms with E-state index in [1.54, 1.807) is 19.1 Å². The van der Waals surface area contributed by atoms with E-state index in [1.807, 2.05) is 4.90 Å². The third kappa shape index (κ3) is 6.30. The van der Waals surface area contributed by atoms with E-state index in [0.717, 1.165) is 29.8 Å². The fourth-order valence-corrected chi connectivity index (χ4v) is 5.01. The van der Waals surface area contributed by atoms with Crippen LogP contribution in [0.25, 0.3) is 0 Å². The van der Waals surface area contributed by atoms with E-state index >= 15 is 0 Å². The highest BCUT2D eigenvalue weighted by atomic mass is 32.2. The Hall–Kier alpha value is -2.50. The van der Waals surface area contributed by atoms with E-state index in [4.69, 9.17) is 0 Å². The van der Waals surface area contributed by atoms with Crippen molar-refractivity contribution in [3.63, 3.8) is 0 Å². The normalized spacial score (nSPS) is 17.0. The molecule has 1 aliphatic heterocycles. The molecule has 1 saturated heterocycles. The molecule has 0 aliphatic carbocycles. The molecule has 180 valence electrons. The summed E-state index contributed by atoms with van der Waals surface area (Å²) in [5, 5.41) is 2.83. The third-order valence-electron chi connectivity index (χ3n) is 5.65. The van der Waals surface area contributed by atoms with Crippen LogP contribution in [0.3, 0.4) is 0 Å². The number of sulfonamides is 1. The molecule has 0 radical (unpaired) electrons. The van der Waals surface area contributed by atoms with E-state index in [0.29, 0.717) is 26.1 Å². The van der Waals surface area contributed by atoms with Crippen LogP contribution in [0, 0.1) is 5.82 Å². The lowest BCUT2D eigenvalue weighted by Gasteiger charge is -2.36. The average Bonchev–Trinajstić information content (AvgIpc) is 2.79. The Morgan fingerprint density at radius 2 is 1.58 bits per heavy atom. The number of halogens is 4. The van der Waals surface area contributed by atoms with Crippen molar-refractivity contribution in [1.29, 1.82) is 0 Å². The van der Waals surface area contributed by atoms with Crippen LogP contribution < -0.4 is 5.32 Å². The highest BCUT2D eigenvalue weighted by Gasteiger charge is 2.34. The Balaban J connectivity index is 1.50. The summed E-state index contributed by atoms with van der Waals surface area (Å²) in [5.41, 5.74) is -0.0167. The fourth-order valence-electron chi connectivity index (χ4n) is 3.59. The number of piperazine rings is 1. The van der Waals surface area contributed by atoms with Gasteiger partial charge in [0.05, 0.1) is 16.5 Å². The molecule has 0 saturated carbocycles. The average molecular weight is 488 g/mol. The van der Waals surface area contributed by atoms with Crippen molar-refractivity contribution in [2.75, 3.05) is 32.7 Å².